The summed E-state index contributed by atoms with van der Waals surface area (Å²) in [4.78, 5) is 14.7. The number of carbonyl (C=O) groups is 1. The number of nitrogens with zero attached hydrogens (tertiary/aromatic N) is 1. The Hall–Kier alpha value is -1.41. The third kappa shape index (κ3) is 3.28. The van der Waals surface area contributed by atoms with Crippen LogP contribution in [0.5, 0.6) is 0 Å². The number of aromatic nitrogens is 1. The monoisotopic (exact) mass is 365 g/mol. The number of aromatic carboxylic acids is 1. The zero-order valence-corrected chi connectivity index (χ0v) is 14.0. The summed E-state index contributed by atoms with van der Waals surface area (Å²) in [6.07, 6.45) is 0. The maximum Gasteiger partial charge on any atom is 0.404 e. The molecule has 0 saturated heterocycles. The standard InChI is InChI=1S/C13H14F2NO5PS/c1-3-20-22(19,21-4-2)13(14,15)8-5-6-10-9(7-8)16-11(23-10)12(17)18/h5-7H,3-4H2,1-2H3,(H,17,18). The van der Waals surface area contributed by atoms with Gasteiger partial charge in [-0.15, -0.1) is 11.3 Å². The average molecular weight is 365 g/mol. The van der Waals surface area contributed by atoms with Crippen molar-refractivity contribution >= 4 is 35.1 Å². The van der Waals surface area contributed by atoms with Gasteiger partial charge in [0, 0.05) is 5.56 Å². The molecule has 23 heavy (non-hydrogen) atoms. The van der Waals surface area contributed by atoms with Crippen molar-refractivity contribution in [3.8, 4) is 0 Å². The van der Waals surface area contributed by atoms with E-state index in [2.05, 4.69) is 4.98 Å². The minimum absolute atomic E-state index is 0.0871. The number of hydrogen-bond donors (Lipinski definition) is 1. The molecule has 0 unspecified atom stereocenters. The van der Waals surface area contributed by atoms with Crippen LogP contribution in [0.3, 0.4) is 0 Å². The molecule has 0 amide bonds. The molecule has 0 fully saturated rings. The Labute approximate surface area is 134 Å². The van der Waals surface area contributed by atoms with Gasteiger partial charge < -0.3 is 14.2 Å². The van der Waals surface area contributed by atoms with Gasteiger partial charge in [0.05, 0.1) is 23.4 Å². The summed E-state index contributed by atoms with van der Waals surface area (Å²) in [5, 5.41) is 8.69. The molecule has 0 radical (unpaired) electrons. The lowest BCUT2D eigenvalue weighted by atomic mass is 10.2. The van der Waals surface area contributed by atoms with Crippen LogP contribution in [0.15, 0.2) is 18.2 Å². The van der Waals surface area contributed by atoms with E-state index in [1.165, 1.54) is 19.9 Å². The van der Waals surface area contributed by atoms with Crippen molar-refractivity contribution in [2.45, 2.75) is 19.5 Å². The number of hydrogen-bond acceptors (Lipinski definition) is 6. The predicted octanol–water partition coefficient (Wildman–Crippen LogP) is 4.31. The number of thiazole rings is 1. The Kier molecular flexibility index (Phi) is 5.15. The highest BCUT2D eigenvalue weighted by Crippen LogP contribution is 2.66. The summed E-state index contributed by atoms with van der Waals surface area (Å²) >= 11 is 0.866. The zero-order valence-electron chi connectivity index (χ0n) is 12.3. The lowest BCUT2D eigenvalue weighted by Crippen LogP contribution is -2.18. The van der Waals surface area contributed by atoms with Crippen LogP contribution in [0.4, 0.5) is 8.78 Å². The number of fused-ring (bicyclic) bond motifs is 1. The first-order chi connectivity index (χ1) is 10.7. The zero-order chi connectivity index (χ0) is 17.3. The number of carboxylic acids is 1. The fourth-order valence-corrected chi connectivity index (χ4v) is 4.22. The maximum atomic E-state index is 14.6. The Balaban J connectivity index is 2.51. The molecule has 0 aliphatic heterocycles. The second-order valence-electron chi connectivity index (χ2n) is 4.38. The molecule has 0 aliphatic rings. The molecule has 0 aliphatic carbocycles. The molecular formula is C13H14F2NO5PS. The van der Waals surface area contributed by atoms with Crippen molar-refractivity contribution in [1.29, 1.82) is 0 Å². The summed E-state index contributed by atoms with van der Waals surface area (Å²) in [6, 6.07) is 3.38. The van der Waals surface area contributed by atoms with Crippen LogP contribution < -0.4 is 0 Å². The predicted molar refractivity (Wildman–Crippen MR) is 81.3 cm³/mol. The van der Waals surface area contributed by atoms with Crippen molar-refractivity contribution in [3.63, 3.8) is 0 Å². The topological polar surface area (TPSA) is 85.7 Å². The van der Waals surface area contributed by atoms with Gasteiger partial charge >= 0.3 is 19.2 Å². The average Bonchev–Trinajstić information content (AvgIpc) is 2.90. The Morgan fingerprint density at radius 2 is 1.96 bits per heavy atom. The second kappa shape index (κ2) is 6.60. The van der Waals surface area contributed by atoms with Crippen molar-refractivity contribution in [2.75, 3.05) is 13.2 Å². The molecule has 0 atom stereocenters. The summed E-state index contributed by atoms with van der Waals surface area (Å²) in [5.41, 5.74) is -4.39. The molecule has 0 saturated carbocycles. The van der Waals surface area contributed by atoms with Crippen molar-refractivity contribution in [2.24, 2.45) is 0 Å². The Bertz CT molecular complexity index is 769. The third-order valence-corrected chi connectivity index (χ3v) is 6.03. The molecule has 1 aromatic carbocycles. The summed E-state index contributed by atoms with van der Waals surface area (Å²) < 4.78 is 51.5. The molecule has 10 heteroatoms. The lowest BCUT2D eigenvalue weighted by Gasteiger charge is -2.25. The van der Waals surface area contributed by atoms with Crippen molar-refractivity contribution in [1.82, 2.24) is 4.98 Å². The minimum Gasteiger partial charge on any atom is -0.476 e. The summed E-state index contributed by atoms with van der Waals surface area (Å²) in [5.74, 6) is -1.24. The van der Waals surface area contributed by atoms with Crippen LogP contribution in [0, 0.1) is 0 Å². The van der Waals surface area contributed by atoms with Crippen LogP contribution in [0.2, 0.25) is 0 Å². The molecule has 1 heterocycles. The van der Waals surface area contributed by atoms with Crippen LogP contribution in [-0.4, -0.2) is 29.3 Å². The number of alkyl halides is 2. The fraction of sp³-hybridized carbons (Fsp3) is 0.385. The van der Waals surface area contributed by atoms with Crippen molar-refractivity contribution in [3.05, 3.63) is 28.8 Å². The third-order valence-electron chi connectivity index (χ3n) is 2.86. The van der Waals surface area contributed by atoms with Gasteiger partial charge in [0.25, 0.3) is 0 Å². The summed E-state index contributed by atoms with van der Waals surface area (Å²) in [6.45, 7) is 2.47. The number of halogens is 2. The highest BCUT2D eigenvalue weighted by atomic mass is 32.1. The molecule has 2 rings (SSSR count). The van der Waals surface area contributed by atoms with Gasteiger partial charge in [0.1, 0.15) is 0 Å². The van der Waals surface area contributed by atoms with E-state index in [9.17, 15) is 18.1 Å². The fourth-order valence-electron chi connectivity index (χ4n) is 1.90. The molecule has 0 spiro atoms. The normalized spacial score (nSPS) is 12.7. The number of rotatable bonds is 7. The number of benzene rings is 1. The van der Waals surface area contributed by atoms with E-state index >= 15 is 0 Å². The first kappa shape index (κ1) is 17.9. The van der Waals surface area contributed by atoms with E-state index in [4.69, 9.17) is 14.2 Å². The van der Waals surface area contributed by atoms with E-state index in [0.717, 1.165) is 23.5 Å². The maximum absolute atomic E-state index is 14.6. The van der Waals surface area contributed by atoms with Crippen molar-refractivity contribution < 1.29 is 32.3 Å². The van der Waals surface area contributed by atoms with E-state index in [1.807, 2.05) is 0 Å². The van der Waals surface area contributed by atoms with Crippen LogP contribution in [0.1, 0.15) is 29.2 Å². The van der Waals surface area contributed by atoms with E-state index in [0.29, 0.717) is 4.70 Å². The highest BCUT2D eigenvalue weighted by molar-refractivity contribution is 7.54. The Morgan fingerprint density at radius 3 is 2.48 bits per heavy atom. The van der Waals surface area contributed by atoms with Gasteiger partial charge in [-0.05, 0) is 26.0 Å². The highest BCUT2D eigenvalue weighted by Gasteiger charge is 2.54. The molecule has 1 aromatic heterocycles. The largest absolute Gasteiger partial charge is 0.476 e. The van der Waals surface area contributed by atoms with Crippen LogP contribution in [0.25, 0.3) is 10.2 Å². The molecular weight excluding hydrogens is 351 g/mol. The van der Waals surface area contributed by atoms with Gasteiger partial charge in [-0.1, -0.05) is 6.07 Å². The molecule has 6 nitrogen and oxygen atoms in total. The van der Waals surface area contributed by atoms with Gasteiger partial charge in [-0.25, -0.2) is 9.78 Å². The first-order valence-corrected chi connectivity index (χ1v) is 9.02. The molecule has 0 bridgehead atoms. The second-order valence-corrected chi connectivity index (χ2v) is 7.48. The molecule has 126 valence electrons. The molecule has 2 aromatic rings. The van der Waals surface area contributed by atoms with Gasteiger partial charge in [-0.3, -0.25) is 4.57 Å². The first-order valence-electron chi connectivity index (χ1n) is 6.66. The SMILES string of the molecule is CCOP(=O)(OCC)C(F)(F)c1ccc2sc(C(=O)O)nc2c1. The smallest absolute Gasteiger partial charge is 0.404 e. The lowest BCUT2D eigenvalue weighted by molar-refractivity contribution is 0.0361. The number of carboxylic acid groups (broad SMARTS) is 1. The van der Waals surface area contributed by atoms with Crippen LogP contribution >= 0.6 is 18.9 Å². The quantitative estimate of drug-likeness (QED) is 0.736. The van der Waals surface area contributed by atoms with Gasteiger partial charge in [0.15, 0.2) is 0 Å². The van der Waals surface area contributed by atoms with Gasteiger partial charge in [-0.2, -0.15) is 8.78 Å². The van der Waals surface area contributed by atoms with E-state index in [1.54, 1.807) is 0 Å². The molecule has 1 N–H and O–H groups in total. The van der Waals surface area contributed by atoms with E-state index in [-0.39, 0.29) is 23.7 Å². The van der Waals surface area contributed by atoms with Crippen LogP contribution in [-0.2, 0) is 19.3 Å². The Morgan fingerprint density at radius 1 is 1.35 bits per heavy atom. The van der Waals surface area contributed by atoms with E-state index < -0.39 is 24.8 Å². The van der Waals surface area contributed by atoms with Gasteiger partial charge in [0.2, 0.25) is 5.01 Å². The minimum atomic E-state index is -4.71. The summed E-state index contributed by atoms with van der Waals surface area (Å²) in [7, 11) is -4.71.